The summed E-state index contributed by atoms with van der Waals surface area (Å²) in [6.45, 7) is 7.19. The van der Waals surface area contributed by atoms with Crippen molar-refractivity contribution in [1.29, 1.82) is 0 Å². The van der Waals surface area contributed by atoms with Gasteiger partial charge in [0.1, 0.15) is 5.60 Å². The van der Waals surface area contributed by atoms with Crippen LogP contribution < -0.4 is 16.0 Å². The highest BCUT2D eigenvalue weighted by atomic mass is 35.5. The lowest BCUT2D eigenvalue weighted by Crippen LogP contribution is -2.49. The Morgan fingerprint density at radius 1 is 1.45 bits per heavy atom. The Labute approximate surface area is 136 Å². The zero-order valence-corrected chi connectivity index (χ0v) is 14.1. The third-order valence-electron chi connectivity index (χ3n) is 3.47. The number of benzene rings is 1. The molecule has 1 aromatic rings. The van der Waals surface area contributed by atoms with Crippen LogP contribution in [0.2, 0.25) is 5.02 Å². The molecule has 1 amide bonds. The van der Waals surface area contributed by atoms with Gasteiger partial charge >= 0.3 is 6.09 Å². The van der Waals surface area contributed by atoms with Crippen LogP contribution in [0.3, 0.4) is 0 Å². The summed E-state index contributed by atoms with van der Waals surface area (Å²) in [5.41, 5.74) is 7.17. The highest BCUT2D eigenvalue weighted by Gasteiger charge is 2.25. The maximum atomic E-state index is 11.9. The van der Waals surface area contributed by atoms with Gasteiger partial charge in [0.15, 0.2) is 0 Å². The first-order chi connectivity index (χ1) is 10.2. The summed E-state index contributed by atoms with van der Waals surface area (Å²) in [6, 6.07) is 5.56. The molecule has 1 aromatic carbocycles. The molecule has 6 heteroatoms. The number of piperidine rings is 1. The Morgan fingerprint density at radius 2 is 2.18 bits per heavy atom. The molecule has 0 aromatic heterocycles. The first kappa shape index (κ1) is 16.7. The number of hydrogen-bond donors (Lipinski definition) is 2. The van der Waals surface area contributed by atoms with Crippen molar-refractivity contribution in [3.63, 3.8) is 0 Å². The minimum Gasteiger partial charge on any atom is -0.444 e. The zero-order valence-electron chi connectivity index (χ0n) is 13.4. The van der Waals surface area contributed by atoms with Crippen molar-refractivity contribution in [3.05, 3.63) is 23.2 Å². The number of nitrogens with zero attached hydrogens (tertiary/aromatic N) is 1. The van der Waals surface area contributed by atoms with Crippen LogP contribution in [-0.4, -0.2) is 30.8 Å². The van der Waals surface area contributed by atoms with Crippen LogP contribution >= 0.6 is 11.6 Å². The molecule has 0 bridgehead atoms. The Bertz CT molecular complexity index is 543. The summed E-state index contributed by atoms with van der Waals surface area (Å²) in [5, 5.41) is 3.56. The number of carbonyl (C=O) groups is 1. The number of nitrogens with one attached hydrogen (secondary N) is 1. The number of carbonyl (C=O) groups excluding carboxylic acids is 1. The lowest BCUT2D eigenvalue weighted by atomic mass is 10.0. The van der Waals surface area contributed by atoms with Gasteiger partial charge in [-0.3, -0.25) is 0 Å². The van der Waals surface area contributed by atoms with Crippen LogP contribution in [0.25, 0.3) is 0 Å². The van der Waals surface area contributed by atoms with Gasteiger partial charge < -0.3 is 20.7 Å². The van der Waals surface area contributed by atoms with E-state index in [1.54, 1.807) is 6.07 Å². The van der Waals surface area contributed by atoms with E-state index >= 15 is 0 Å². The minimum absolute atomic E-state index is 0.0543. The van der Waals surface area contributed by atoms with Gasteiger partial charge in [-0.05, 0) is 51.8 Å². The minimum atomic E-state index is -0.487. The molecule has 0 radical (unpaired) electrons. The van der Waals surface area contributed by atoms with Crippen molar-refractivity contribution in [3.8, 4) is 0 Å². The van der Waals surface area contributed by atoms with Crippen LogP contribution in [0.5, 0.6) is 0 Å². The predicted octanol–water partition coefficient (Wildman–Crippen LogP) is 3.42. The van der Waals surface area contributed by atoms with Crippen molar-refractivity contribution in [2.75, 3.05) is 23.7 Å². The molecule has 1 saturated heterocycles. The van der Waals surface area contributed by atoms with Gasteiger partial charge in [-0.2, -0.15) is 0 Å². The summed E-state index contributed by atoms with van der Waals surface area (Å²) in [5.74, 6) is 0. The quantitative estimate of drug-likeness (QED) is 0.818. The SMILES string of the molecule is CC(C)(C)OC(=O)N[C@H]1CCCN(c2ccc(Cl)cc2N)C1. The van der Waals surface area contributed by atoms with Crippen LogP contribution in [0.15, 0.2) is 18.2 Å². The third-order valence-corrected chi connectivity index (χ3v) is 3.71. The molecule has 1 aliphatic rings. The third kappa shape index (κ3) is 4.70. The molecule has 2 rings (SSSR count). The van der Waals surface area contributed by atoms with E-state index in [-0.39, 0.29) is 12.1 Å². The topological polar surface area (TPSA) is 67.6 Å². The monoisotopic (exact) mass is 325 g/mol. The van der Waals surface area contributed by atoms with E-state index in [1.807, 2.05) is 32.9 Å². The zero-order chi connectivity index (χ0) is 16.3. The van der Waals surface area contributed by atoms with Crippen LogP contribution in [0.1, 0.15) is 33.6 Å². The summed E-state index contributed by atoms with van der Waals surface area (Å²) < 4.78 is 5.31. The number of alkyl carbamates (subject to hydrolysis) is 1. The smallest absolute Gasteiger partial charge is 0.407 e. The highest BCUT2D eigenvalue weighted by Crippen LogP contribution is 2.28. The number of anilines is 2. The first-order valence-corrected chi connectivity index (χ1v) is 7.92. The number of rotatable bonds is 2. The fourth-order valence-corrected chi connectivity index (χ4v) is 2.78. The number of amides is 1. The van der Waals surface area contributed by atoms with E-state index in [0.29, 0.717) is 17.3 Å². The lowest BCUT2D eigenvalue weighted by molar-refractivity contribution is 0.0500. The second-order valence-electron chi connectivity index (χ2n) is 6.63. The number of nitrogen functional groups attached to an aromatic ring is 1. The predicted molar refractivity (Wildman–Crippen MR) is 90.5 cm³/mol. The van der Waals surface area contributed by atoms with Crippen molar-refractivity contribution >= 4 is 29.1 Å². The van der Waals surface area contributed by atoms with Gasteiger partial charge in [0.25, 0.3) is 0 Å². The Hall–Kier alpha value is -1.62. The molecule has 5 nitrogen and oxygen atoms in total. The van der Waals surface area contributed by atoms with E-state index in [0.717, 1.165) is 25.1 Å². The molecule has 22 heavy (non-hydrogen) atoms. The number of hydrogen-bond acceptors (Lipinski definition) is 4. The normalized spacial score (nSPS) is 18.9. The molecule has 0 aliphatic carbocycles. The molecule has 0 spiro atoms. The van der Waals surface area contributed by atoms with Gasteiger partial charge in [0.2, 0.25) is 0 Å². The van der Waals surface area contributed by atoms with Crippen LogP contribution in [0, 0.1) is 0 Å². The van der Waals surface area contributed by atoms with Gasteiger partial charge in [0.05, 0.1) is 11.4 Å². The van der Waals surface area contributed by atoms with Gasteiger partial charge in [-0.15, -0.1) is 0 Å². The first-order valence-electron chi connectivity index (χ1n) is 7.54. The Balaban J connectivity index is 1.98. The Kier molecular flexibility index (Phi) is 5.06. The highest BCUT2D eigenvalue weighted by molar-refractivity contribution is 6.31. The van der Waals surface area contributed by atoms with E-state index in [2.05, 4.69) is 10.2 Å². The standard InChI is InChI=1S/C16H24ClN3O2/c1-16(2,3)22-15(21)19-12-5-4-8-20(10-12)14-7-6-11(17)9-13(14)18/h6-7,9,12H,4-5,8,10,18H2,1-3H3,(H,19,21)/t12-/m0/s1. The molecule has 122 valence electrons. The van der Waals surface area contributed by atoms with Crippen LogP contribution in [0.4, 0.5) is 16.2 Å². The van der Waals surface area contributed by atoms with E-state index in [1.165, 1.54) is 0 Å². The molecular formula is C16H24ClN3O2. The summed E-state index contributed by atoms with van der Waals surface area (Å²) in [6.07, 6.45) is 1.55. The molecule has 0 unspecified atom stereocenters. The number of ether oxygens (including phenoxy) is 1. The second kappa shape index (κ2) is 6.65. The summed E-state index contributed by atoms with van der Waals surface area (Å²) in [7, 11) is 0. The molecule has 0 saturated carbocycles. The average Bonchev–Trinajstić information content (AvgIpc) is 2.36. The molecule has 1 aliphatic heterocycles. The van der Waals surface area contributed by atoms with E-state index < -0.39 is 5.60 Å². The van der Waals surface area contributed by atoms with Crippen molar-refractivity contribution in [2.45, 2.75) is 45.3 Å². The Morgan fingerprint density at radius 3 is 2.82 bits per heavy atom. The number of halogens is 1. The van der Waals surface area contributed by atoms with Gasteiger partial charge in [0, 0.05) is 24.2 Å². The summed E-state index contributed by atoms with van der Waals surface area (Å²) in [4.78, 5) is 14.1. The largest absolute Gasteiger partial charge is 0.444 e. The maximum Gasteiger partial charge on any atom is 0.407 e. The maximum absolute atomic E-state index is 11.9. The molecular weight excluding hydrogens is 302 g/mol. The van der Waals surface area contributed by atoms with Crippen molar-refractivity contribution in [1.82, 2.24) is 5.32 Å². The molecule has 1 heterocycles. The van der Waals surface area contributed by atoms with E-state index in [9.17, 15) is 4.79 Å². The fraction of sp³-hybridized carbons (Fsp3) is 0.562. The second-order valence-corrected chi connectivity index (χ2v) is 7.07. The van der Waals surface area contributed by atoms with Gasteiger partial charge in [-0.25, -0.2) is 4.79 Å². The molecule has 3 N–H and O–H groups in total. The average molecular weight is 326 g/mol. The van der Waals surface area contributed by atoms with E-state index in [4.69, 9.17) is 22.1 Å². The van der Waals surface area contributed by atoms with Crippen LogP contribution in [-0.2, 0) is 4.74 Å². The fourth-order valence-electron chi connectivity index (χ4n) is 2.60. The van der Waals surface area contributed by atoms with Gasteiger partial charge in [-0.1, -0.05) is 11.6 Å². The lowest BCUT2D eigenvalue weighted by Gasteiger charge is -2.35. The number of nitrogens with two attached hydrogens (primary N) is 1. The molecule has 1 atom stereocenters. The van der Waals surface area contributed by atoms with Crippen molar-refractivity contribution < 1.29 is 9.53 Å². The summed E-state index contributed by atoms with van der Waals surface area (Å²) >= 11 is 5.94. The molecule has 1 fully saturated rings. The van der Waals surface area contributed by atoms with Crippen molar-refractivity contribution in [2.24, 2.45) is 0 Å².